The van der Waals surface area contributed by atoms with Gasteiger partial charge in [0.05, 0.1) is 12.6 Å². The summed E-state index contributed by atoms with van der Waals surface area (Å²) in [5, 5.41) is 2.46. The van der Waals surface area contributed by atoms with Crippen LogP contribution in [-0.2, 0) is 4.79 Å². The van der Waals surface area contributed by atoms with Gasteiger partial charge in [-0.3, -0.25) is 14.5 Å². The zero-order valence-corrected chi connectivity index (χ0v) is 12.5. The summed E-state index contributed by atoms with van der Waals surface area (Å²) < 4.78 is 5.77. The van der Waals surface area contributed by atoms with Crippen molar-refractivity contribution in [3.8, 4) is 5.75 Å². The number of primary amides is 1. The molecule has 1 aromatic carbocycles. The zero-order valence-electron chi connectivity index (χ0n) is 12.5. The molecular formula is C16H21N3O3. The van der Waals surface area contributed by atoms with E-state index >= 15 is 0 Å². The van der Waals surface area contributed by atoms with E-state index in [1.54, 1.807) is 18.2 Å². The van der Waals surface area contributed by atoms with Crippen molar-refractivity contribution in [3.63, 3.8) is 0 Å². The van der Waals surface area contributed by atoms with Crippen LogP contribution < -0.4 is 15.8 Å². The Labute approximate surface area is 129 Å². The Morgan fingerprint density at radius 1 is 1.36 bits per heavy atom. The molecule has 1 aliphatic carbocycles. The van der Waals surface area contributed by atoms with E-state index in [0.717, 1.165) is 12.5 Å². The largest absolute Gasteiger partial charge is 0.492 e. The molecule has 2 unspecified atom stereocenters. The molecule has 0 aromatic heterocycles. The number of amides is 2. The van der Waals surface area contributed by atoms with Crippen LogP contribution in [0.3, 0.4) is 0 Å². The normalized spacial score (nSPS) is 22.9. The van der Waals surface area contributed by atoms with E-state index in [1.165, 1.54) is 19.4 Å². The van der Waals surface area contributed by atoms with Crippen molar-refractivity contribution in [2.75, 3.05) is 26.2 Å². The molecule has 3 N–H and O–H groups in total. The van der Waals surface area contributed by atoms with E-state index in [-0.39, 0.29) is 12.5 Å². The molecule has 1 saturated heterocycles. The molecule has 0 radical (unpaired) electrons. The number of hydrogen-bond donors (Lipinski definition) is 2. The molecule has 0 spiro atoms. The third-order valence-corrected chi connectivity index (χ3v) is 3.98. The van der Waals surface area contributed by atoms with Gasteiger partial charge in [-0.25, -0.2) is 0 Å². The van der Waals surface area contributed by atoms with Gasteiger partial charge in [0, 0.05) is 18.7 Å². The SMILES string of the molecule is NC(=O)CNC(=O)c1cccc(OCC2CN2CC2CC2)c1. The van der Waals surface area contributed by atoms with E-state index in [0.29, 0.717) is 24.0 Å². The van der Waals surface area contributed by atoms with Gasteiger partial charge in [-0.15, -0.1) is 0 Å². The number of hydrogen-bond acceptors (Lipinski definition) is 4. The Morgan fingerprint density at radius 3 is 2.91 bits per heavy atom. The minimum Gasteiger partial charge on any atom is -0.492 e. The summed E-state index contributed by atoms with van der Waals surface area (Å²) >= 11 is 0. The van der Waals surface area contributed by atoms with Crippen LogP contribution in [0.25, 0.3) is 0 Å². The molecule has 6 heteroatoms. The lowest BCUT2D eigenvalue weighted by Crippen LogP contribution is -2.33. The molecule has 6 nitrogen and oxygen atoms in total. The second-order valence-electron chi connectivity index (χ2n) is 6.04. The van der Waals surface area contributed by atoms with Gasteiger partial charge in [-0.2, -0.15) is 0 Å². The molecule has 118 valence electrons. The highest BCUT2D eigenvalue weighted by Crippen LogP contribution is 2.33. The van der Waals surface area contributed by atoms with Crippen LogP contribution >= 0.6 is 0 Å². The van der Waals surface area contributed by atoms with Crippen LogP contribution in [0.2, 0.25) is 0 Å². The van der Waals surface area contributed by atoms with Gasteiger partial charge in [0.2, 0.25) is 5.91 Å². The Kier molecular flexibility index (Phi) is 4.29. The van der Waals surface area contributed by atoms with Crippen LogP contribution in [0, 0.1) is 5.92 Å². The van der Waals surface area contributed by atoms with Crippen molar-refractivity contribution in [1.82, 2.24) is 10.2 Å². The molecule has 3 rings (SSSR count). The molecule has 1 aliphatic heterocycles. The minimum absolute atomic E-state index is 0.165. The maximum Gasteiger partial charge on any atom is 0.251 e. The second-order valence-corrected chi connectivity index (χ2v) is 6.04. The number of nitrogens with zero attached hydrogens (tertiary/aromatic N) is 1. The number of nitrogens with two attached hydrogens (primary N) is 1. The van der Waals surface area contributed by atoms with Crippen molar-refractivity contribution >= 4 is 11.8 Å². The lowest BCUT2D eigenvalue weighted by Gasteiger charge is -2.08. The van der Waals surface area contributed by atoms with Crippen molar-refractivity contribution in [2.45, 2.75) is 18.9 Å². The smallest absolute Gasteiger partial charge is 0.251 e. The first-order valence-electron chi connectivity index (χ1n) is 7.65. The summed E-state index contributed by atoms with van der Waals surface area (Å²) in [5.41, 5.74) is 5.47. The standard InChI is InChI=1S/C16H21N3O3/c17-15(20)7-18-16(21)12-2-1-3-14(6-12)22-10-13-9-19(13)8-11-4-5-11/h1-3,6,11,13H,4-5,7-10H2,(H2,17,20)(H,18,21). The van der Waals surface area contributed by atoms with Gasteiger partial charge in [0.25, 0.3) is 5.91 Å². The van der Waals surface area contributed by atoms with Gasteiger partial charge in [0.1, 0.15) is 12.4 Å². The number of ether oxygens (including phenoxy) is 1. The fourth-order valence-electron chi connectivity index (χ4n) is 2.43. The van der Waals surface area contributed by atoms with E-state index < -0.39 is 5.91 Å². The quantitative estimate of drug-likeness (QED) is 0.680. The fourth-order valence-corrected chi connectivity index (χ4v) is 2.43. The molecule has 1 saturated carbocycles. The monoisotopic (exact) mass is 303 g/mol. The van der Waals surface area contributed by atoms with Crippen molar-refractivity contribution < 1.29 is 14.3 Å². The summed E-state index contributed by atoms with van der Waals surface area (Å²) in [5.74, 6) is 0.684. The fraction of sp³-hybridized carbons (Fsp3) is 0.500. The number of rotatable bonds is 8. The first kappa shape index (κ1) is 14.8. The summed E-state index contributed by atoms with van der Waals surface area (Å²) in [7, 11) is 0. The van der Waals surface area contributed by atoms with Gasteiger partial charge in [0.15, 0.2) is 0 Å². The van der Waals surface area contributed by atoms with E-state index in [1.807, 2.05) is 6.07 Å². The van der Waals surface area contributed by atoms with Crippen molar-refractivity contribution in [2.24, 2.45) is 11.7 Å². The highest BCUT2D eigenvalue weighted by Gasteiger charge is 2.38. The Morgan fingerprint density at radius 2 is 2.18 bits per heavy atom. The number of benzene rings is 1. The molecule has 2 aliphatic rings. The predicted octanol–water partition coefficient (Wildman–Crippen LogP) is 0.375. The topological polar surface area (TPSA) is 84.4 Å². The number of carbonyl (C=O) groups is 2. The lowest BCUT2D eigenvalue weighted by atomic mass is 10.2. The Bertz CT molecular complexity index is 572. The highest BCUT2D eigenvalue weighted by molar-refractivity contribution is 5.96. The molecule has 2 amide bonds. The maximum absolute atomic E-state index is 11.8. The molecular weight excluding hydrogens is 282 g/mol. The first-order chi connectivity index (χ1) is 10.6. The van der Waals surface area contributed by atoms with Crippen LogP contribution in [0.5, 0.6) is 5.75 Å². The lowest BCUT2D eigenvalue weighted by molar-refractivity contribution is -0.117. The van der Waals surface area contributed by atoms with E-state index in [9.17, 15) is 9.59 Å². The summed E-state index contributed by atoms with van der Waals surface area (Å²) in [4.78, 5) is 25.0. The highest BCUT2D eigenvalue weighted by atomic mass is 16.5. The van der Waals surface area contributed by atoms with Crippen molar-refractivity contribution in [1.29, 1.82) is 0 Å². The Hall–Kier alpha value is -2.08. The minimum atomic E-state index is -0.565. The maximum atomic E-state index is 11.8. The average molecular weight is 303 g/mol. The van der Waals surface area contributed by atoms with Gasteiger partial charge >= 0.3 is 0 Å². The van der Waals surface area contributed by atoms with E-state index in [2.05, 4.69) is 10.2 Å². The Balaban J connectivity index is 1.46. The van der Waals surface area contributed by atoms with Crippen LogP contribution in [-0.4, -0.2) is 49.0 Å². The average Bonchev–Trinajstić information content (AvgIpc) is 3.42. The molecule has 1 heterocycles. The summed E-state index contributed by atoms with van der Waals surface area (Å²) in [6, 6.07) is 7.47. The van der Waals surface area contributed by atoms with Gasteiger partial charge in [-0.05, 0) is 37.0 Å². The van der Waals surface area contributed by atoms with E-state index in [4.69, 9.17) is 10.5 Å². The third kappa shape index (κ3) is 4.21. The molecule has 1 aromatic rings. The molecule has 22 heavy (non-hydrogen) atoms. The summed E-state index contributed by atoms with van der Waals surface area (Å²) in [6.07, 6.45) is 2.74. The third-order valence-electron chi connectivity index (χ3n) is 3.98. The first-order valence-corrected chi connectivity index (χ1v) is 7.65. The van der Waals surface area contributed by atoms with Gasteiger partial charge < -0.3 is 15.8 Å². The van der Waals surface area contributed by atoms with Crippen LogP contribution in [0.1, 0.15) is 23.2 Å². The second kappa shape index (κ2) is 6.36. The predicted molar refractivity (Wildman–Crippen MR) is 81.5 cm³/mol. The summed E-state index contributed by atoms with van der Waals surface area (Å²) in [6.45, 7) is 2.79. The number of nitrogens with one attached hydrogen (secondary N) is 1. The molecule has 2 atom stereocenters. The van der Waals surface area contributed by atoms with Crippen LogP contribution in [0.15, 0.2) is 24.3 Å². The van der Waals surface area contributed by atoms with Crippen molar-refractivity contribution in [3.05, 3.63) is 29.8 Å². The zero-order chi connectivity index (χ0) is 15.5. The van der Waals surface area contributed by atoms with Crippen LogP contribution in [0.4, 0.5) is 0 Å². The molecule has 2 fully saturated rings. The molecule has 0 bridgehead atoms. The van der Waals surface area contributed by atoms with Gasteiger partial charge in [-0.1, -0.05) is 6.07 Å². The number of carbonyl (C=O) groups excluding carboxylic acids is 2.